The first-order chi connectivity index (χ1) is 13.9. The molecule has 0 spiro atoms. The van der Waals surface area contributed by atoms with Crippen LogP contribution in [0.15, 0.2) is 59.5 Å². The number of piperazine rings is 1. The molecule has 1 unspecified atom stereocenters. The third kappa shape index (κ3) is 4.22. The molecule has 7 heteroatoms. The van der Waals surface area contributed by atoms with E-state index in [0.29, 0.717) is 44.0 Å². The zero-order valence-corrected chi connectivity index (χ0v) is 17.5. The Morgan fingerprint density at radius 1 is 0.931 bits per heavy atom. The second-order valence-corrected chi connectivity index (χ2v) is 9.74. The fourth-order valence-corrected chi connectivity index (χ4v) is 5.71. The van der Waals surface area contributed by atoms with E-state index >= 15 is 0 Å². The van der Waals surface area contributed by atoms with Gasteiger partial charge in [0.15, 0.2) is 0 Å². The lowest BCUT2D eigenvalue weighted by molar-refractivity contribution is -0.142. The molecule has 0 bridgehead atoms. The molecule has 2 aliphatic heterocycles. The van der Waals surface area contributed by atoms with Gasteiger partial charge in [-0.3, -0.25) is 9.69 Å². The van der Waals surface area contributed by atoms with Gasteiger partial charge < -0.3 is 4.90 Å². The molecule has 2 aromatic carbocycles. The number of rotatable bonds is 4. The fraction of sp³-hybridized carbons (Fsp3) is 0.409. The second kappa shape index (κ2) is 8.26. The third-order valence-corrected chi connectivity index (χ3v) is 7.73. The number of hydrogen-bond acceptors (Lipinski definition) is 4. The molecule has 2 aromatic rings. The van der Waals surface area contributed by atoms with Crippen molar-refractivity contribution in [1.82, 2.24) is 14.1 Å². The number of benzene rings is 2. The highest BCUT2D eigenvalue weighted by Gasteiger charge is 2.38. The highest BCUT2D eigenvalue weighted by molar-refractivity contribution is 7.89. The number of amides is 1. The van der Waals surface area contributed by atoms with Crippen LogP contribution in [0.3, 0.4) is 0 Å². The summed E-state index contributed by atoms with van der Waals surface area (Å²) in [6.45, 7) is 5.48. The van der Waals surface area contributed by atoms with Crippen molar-refractivity contribution >= 4 is 15.9 Å². The summed E-state index contributed by atoms with van der Waals surface area (Å²) in [6, 6.07) is 16.5. The molecule has 0 N–H and O–H groups in total. The van der Waals surface area contributed by atoms with Crippen LogP contribution in [0.1, 0.15) is 17.5 Å². The summed E-state index contributed by atoms with van der Waals surface area (Å²) < 4.78 is 27.5. The standard InChI is InChI=1S/C22H27N3O3S/c1-18-6-5-7-19(16-18)17-24-13-12-23-14-15-25(11-10-21(23)22(24)26)29(27,28)20-8-3-2-4-9-20/h2-9,16,21H,10-15,17H2,1H3. The lowest BCUT2D eigenvalue weighted by atomic mass is 10.1. The largest absolute Gasteiger partial charge is 0.336 e. The van der Waals surface area contributed by atoms with Crippen molar-refractivity contribution in [1.29, 1.82) is 0 Å². The molecule has 29 heavy (non-hydrogen) atoms. The smallest absolute Gasteiger partial charge is 0.243 e. The van der Waals surface area contributed by atoms with Crippen molar-refractivity contribution in [2.45, 2.75) is 30.8 Å². The van der Waals surface area contributed by atoms with Gasteiger partial charge in [0.1, 0.15) is 0 Å². The van der Waals surface area contributed by atoms with E-state index in [9.17, 15) is 13.2 Å². The van der Waals surface area contributed by atoms with E-state index in [1.54, 1.807) is 24.3 Å². The Kier molecular flexibility index (Phi) is 5.72. The Labute approximate surface area is 172 Å². The van der Waals surface area contributed by atoms with Gasteiger partial charge in [0.2, 0.25) is 15.9 Å². The van der Waals surface area contributed by atoms with Crippen molar-refractivity contribution in [2.24, 2.45) is 0 Å². The summed E-state index contributed by atoms with van der Waals surface area (Å²) in [4.78, 5) is 17.5. The molecule has 2 aliphatic rings. The highest BCUT2D eigenvalue weighted by Crippen LogP contribution is 2.23. The maximum atomic E-state index is 13.1. The molecule has 6 nitrogen and oxygen atoms in total. The van der Waals surface area contributed by atoms with E-state index in [0.717, 1.165) is 12.1 Å². The molecule has 2 saturated heterocycles. The zero-order chi connectivity index (χ0) is 20.4. The average molecular weight is 414 g/mol. The van der Waals surface area contributed by atoms with Crippen LogP contribution in [0, 0.1) is 6.92 Å². The molecule has 1 atom stereocenters. The maximum absolute atomic E-state index is 13.1. The van der Waals surface area contributed by atoms with Crippen molar-refractivity contribution in [3.05, 3.63) is 65.7 Å². The first kappa shape index (κ1) is 20.1. The quantitative estimate of drug-likeness (QED) is 0.770. The Balaban J connectivity index is 1.47. The first-order valence-corrected chi connectivity index (χ1v) is 11.5. The minimum Gasteiger partial charge on any atom is -0.336 e. The molecule has 2 fully saturated rings. The number of carbonyl (C=O) groups excluding carboxylic acids is 1. The van der Waals surface area contributed by atoms with Crippen molar-refractivity contribution in [3.8, 4) is 0 Å². The van der Waals surface area contributed by atoms with Crippen LogP contribution in [0.4, 0.5) is 0 Å². The summed E-state index contributed by atoms with van der Waals surface area (Å²) in [5.41, 5.74) is 2.32. The van der Waals surface area contributed by atoms with Gasteiger partial charge in [0.05, 0.1) is 10.9 Å². The minimum absolute atomic E-state index is 0.108. The van der Waals surface area contributed by atoms with E-state index < -0.39 is 10.0 Å². The topological polar surface area (TPSA) is 60.9 Å². The third-order valence-electron chi connectivity index (χ3n) is 5.82. The molecule has 0 saturated carbocycles. The molecule has 0 aromatic heterocycles. The van der Waals surface area contributed by atoms with E-state index in [2.05, 4.69) is 24.0 Å². The summed E-state index contributed by atoms with van der Waals surface area (Å²) in [6.07, 6.45) is 0.523. The van der Waals surface area contributed by atoms with Gasteiger partial charge >= 0.3 is 0 Å². The predicted octanol–water partition coefficient (Wildman–Crippen LogP) is 2.10. The van der Waals surface area contributed by atoms with Crippen LogP contribution in [-0.4, -0.2) is 67.2 Å². The fourth-order valence-electron chi connectivity index (χ4n) is 4.24. The molecule has 0 radical (unpaired) electrons. The molecular formula is C22H27N3O3S. The number of nitrogens with zero attached hydrogens (tertiary/aromatic N) is 3. The van der Waals surface area contributed by atoms with Crippen molar-refractivity contribution < 1.29 is 13.2 Å². The number of fused-ring (bicyclic) bond motifs is 1. The van der Waals surface area contributed by atoms with Crippen LogP contribution in [-0.2, 0) is 21.4 Å². The van der Waals surface area contributed by atoms with Crippen LogP contribution in [0.25, 0.3) is 0 Å². The van der Waals surface area contributed by atoms with Gasteiger partial charge in [-0.1, -0.05) is 48.0 Å². The SMILES string of the molecule is Cc1cccc(CN2CCN3CCN(S(=O)(=O)c4ccccc4)CCC3C2=O)c1. The summed E-state index contributed by atoms with van der Waals surface area (Å²) >= 11 is 0. The Morgan fingerprint density at radius 2 is 1.69 bits per heavy atom. The lowest BCUT2D eigenvalue weighted by Gasteiger charge is -2.39. The monoisotopic (exact) mass is 413 g/mol. The maximum Gasteiger partial charge on any atom is 0.243 e. The Morgan fingerprint density at radius 3 is 2.45 bits per heavy atom. The Hall–Kier alpha value is -2.22. The zero-order valence-electron chi connectivity index (χ0n) is 16.7. The van der Waals surface area contributed by atoms with Gasteiger partial charge in [0, 0.05) is 39.3 Å². The van der Waals surface area contributed by atoms with Crippen molar-refractivity contribution in [3.63, 3.8) is 0 Å². The van der Waals surface area contributed by atoms with Gasteiger partial charge in [-0.05, 0) is 31.0 Å². The molecule has 0 aliphatic carbocycles. The number of carbonyl (C=O) groups is 1. The Bertz CT molecular complexity index is 978. The molecule has 4 rings (SSSR count). The minimum atomic E-state index is -3.53. The summed E-state index contributed by atoms with van der Waals surface area (Å²) in [5, 5.41) is 0. The van der Waals surface area contributed by atoms with E-state index in [4.69, 9.17) is 0 Å². The van der Waals surface area contributed by atoms with Gasteiger partial charge in [-0.15, -0.1) is 0 Å². The normalized spacial score (nSPS) is 21.6. The predicted molar refractivity (Wildman–Crippen MR) is 112 cm³/mol. The molecule has 2 heterocycles. The molecule has 1 amide bonds. The first-order valence-electron chi connectivity index (χ1n) is 10.1. The van der Waals surface area contributed by atoms with E-state index in [1.807, 2.05) is 23.1 Å². The average Bonchev–Trinajstić information content (AvgIpc) is 2.95. The van der Waals surface area contributed by atoms with Gasteiger partial charge in [0.25, 0.3) is 0 Å². The van der Waals surface area contributed by atoms with E-state index in [-0.39, 0.29) is 11.9 Å². The van der Waals surface area contributed by atoms with Crippen molar-refractivity contribution in [2.75, 3.05) is 32.7 Å². The number of aryl methyl sites for hydroxylation is 1. The van der Waals surface area contributed by atoms with Crippen LogP contribution >= 0.6 is 0 Å². The lowest BCUT2D eigenvalue weighted by Crippen LogP contribution is -2.56. The summed E-state index contributed by atoms with van der Waals surface area (Å²) in [7, 11) is -3.53. The van der Waals surface area contributed by atoms with Gasteiger partial charge in [-0.2, -0.15) is 4.31 Å². The molecular weight excluding hydrogens is 386 g/mol. The van der Waals surface area contributed by atoms with E-state index in [1.165, 1.54) is 9.87 Å². The number of hydrogen-bond donors (Lipinski definition) is 0. The van der Waals surface area contributed by atoms with Gasteiger partial charge in [-0.25, -0.2) is 8.42 Å². The highest BCUT2D eigenvalue weighted by atomic mass is 32.2. The number of sulfonamides is 1. The van der Waals surface area contributed by atoms with Crippen LogP contribution < -0.4 is 0 Å². The van der Waals surface area contributed by atoms with Crippen LogP contribution in [0.5, 0.6) is 0 Å². The molecule has 154 valence electrons. The summed E-state index contributed by atoms with van der Waals surface area (Å²) in [5.74, 6) is 0.108. The van der Waals surface area contributed by atoms with Crippen LogP contribution in [0.2, 0.25) is 0 Å². The second-order valence-electron chi connectivity index (χ2n) is 7.81.